The highest BCUT2D eigenvalue weighted by atomic mass is 16.4. The van der Waals surface area contributed by atoms with Crippen LogP contribution in [-0.4, -0.2) is 28.4 Å². The number of para-hydroxylation sites is 1. The second-order valence-corrected chi connectivity index (χ2v) is 4.83. The summed E-state index contributed by atoms with van der Waals surface area (Å²) in [5.74, 6) is -1.31. The van der Waals surface area contributed by atoms with Gasteiger partial charge in [0.25, 0.3) is 5.91 Å². The van der Waals surface area contributed by atoms with Crippen LogP contribution in [0.5, 0.6) is 0 Å². The molecule has 0 saturated carbocycles. The van der Waals surface area contributed by atoms with Gasteiger partial charge in [0.1, 0.15) is 12.7 Å². The molecular formula is C16H14N2O3. The highest BCUT2D eigenvalue weighted by Crippen LogP contribution is 2.32. The molecule has 1 amide bonds. The van der Waals surface area contributed by atoms with E-state index >= 15 is 0 Å². The summed E-state index contributed by atoms with van der Waals surface area (Å²) in [5.41, 5.74) is 2.06. The Morgan fingerprint density at radius 3 is 2.48 bits per heavy atom. The third-order valence-electron chi connectivity index (χ3n) is 3.44. The van der Waals surface area contributed by atoms with Crippen LogP contribution in [0.3, 0.4) is 0 Å². The Morgan fingerprint density at radius 1 is 1.10 bits per heavy atom. The molecule has 0 saturated heterocycles. The molecule has 5 heteroatoms. The number of aliphatic carboxylic acids is 1. The SMILES string of the molecule is O=C(O)CN1C(=O)c2ccccc2N[C@H]1c1ccccc1. The molecule has 21 heavy (non-hydrogen) atoms. The van der Waals surface area contributed by atoms with E-state index in [1.54, 1.807) is 12.1 Å². The minimum absolute atomic E-state index is 0.277. The maximum absolute atomic E-state index is 12.6. The lowest BCUT2D eigenvalue weighted by Gasteiger charge is -2.37. The first-order chi connectivity index (χ1) is 10.2. The first-order valence-corrected chi connectivity index (χ1v) is 6.60. The maximum atomic E-state index is 12.6. The van der Waals surface area contributed by atoms with Gasteiger partial charge in [-0.1, -0.05) is 42.5 Å². The molecule has 0 bridgehead atoms. The number of rotatable bonds is 3. The molecule has 1 aliphatic rings. The van der Waals surface area contributed by atoms with Crippen LogP contribution in [0.1, 0.15) is 22.1 Å². The number of nitrogens with zero attached hydrogens (tertiary/aromatic N) is 1. The second-order valence-electron chi connectivity index (χ2n) is 4.83. The van der Waals surface area contributed by atoms with E-state index in [1.165, 1.54) is 4.90 Å². The molecule has 1 atom stereocenters. The molecule has 2 aromatic rings. The number of hydrogen-bond acceptors (Lipinski definition) is 3. The van der Waals surface area contributed by atoms with Crippen molar-refractivity contribution < 1.29 is 14.7 Å². The Labute approximate surface area is 121 Å². The van der Waals surface area contributed by atoms with E-state index in [9.17, 15) is 9.59 Å². The summed E-state index contributed by atoms with van der Waals surface area (Å²) in [6.07, 6.45) is -0.482. The van der Waals surface area contributed by atoms with Gasteiger partial charge in [-0.15, -0.1) is 0 Å². The summed E-state index contributed by atoms with van der Waals surface area (Å²) in [7, 11) is 0. The molecular weight excluding hydrogens is 268 g/mol. The number of carbonyl (C=O) groups excluding carboxylic acids is 1. The maximum Gasteiger partial charge on any atom is 0.323 e. The monoisotopic (exact) mass is 282 g/mol. The first-order valence-electron chi connectivity index (χ1n) is 6.60. The lowest BCUT2D eigenvalue weighted by atomic mass is 10.0. The van der Waals surface area contributed by atoms with E-state index in [2.05, 4.69) is 5.32 Å². The van der Waals surface area contributed by atoms with E-state index in [0.717, 1.165) is 11.3 Å². The average molecular weight is 282 g/mol. The molecule has 2 N–H and O–H groups in total. The molecule has 0 radical (unpaired) electrons. The smallest absolute Gasteiger partial charge is 0.323 e. The number of nitrogens with one attached hydrogen (secondary N) is 1. The molecule has 1 aliphatic heterocycles. The van der Waals surface area contributed by atoms with Crippen molar-refractivity contribution >= 4 is 17.6 Å². The number of carboxylic acid groups (broad SMARTS) is 1. The van der Waals surface area contributed by atoms with Gasteiger partial charge < -0.3 is 15.3 Å². The Morgan fingerprint density at radius 2 is 1.76 bits per heavy atom. The summed E-state index contributed by atoms with van der Waals surface area (Å²) in [4.78, 5) is 25.0. The van der Waals surface area contributed by atoms with Gasteiger partial charge in [-0.05, 0) is 17.7 Å². The fraction of sp³-hybridized carbons (Fsp3) is 0.125. The van der Waals surface area contributed by atoms with Crippen molar-refractivity contribution in [3.63, 3.8) is 0 Å². The van der Waals surface area contributed by atoms with Crippen LogP contribution in [0, 0.1) is 0 Å². The topological polar surface area (TPSA) is 69.6 Å². The molecule has 1 heterocycles. The van der Waals surface area contributed by atoms with Crippen molar-refractivity contribution in [1.82, 2.24) is 4.90 Å². The normalized spacial score (nSPS) is 17.0. The first kappa shape index (κ1) is 13.2. The lowest BCUT2D eigenvalue weighted by Crippen LogP contribution is -2.45. The minimum atomic E-state index is -1.04. The Kier molecular flexibility index (Phi) is 3.31. The lowest BCUT2D eigenvalue weighted by molar-refractivity contribution is -0.138. The average Bonchev–Trinajstić information content (AvgIpc) is 2.50. The van der Waals surface area contributed by atoms with Gasteiger partial charge in [0.05, 0.1) is 5.56 Å². The molecule has 3 rings (SSSR count). The number of amides is 1. The van der Waals surface area contributed by atoms with Crippen LogP contribution in [-0.2, 0) is 4.79 Å². The number of anilines is 1. The molecule has 106 valence electrons. The fourth-order valence-corrected chi connectivity index (χ4v) is 2.50. The molecule has 0 spiro atoms. The van der Waals surface area contributed by atoms with Crippen LogP contribution in [0.15, 0.2) is 54.6 Å². The summed E-state index contributed by atoms with van der Waals surface area (Å²) in [5, 5.41) is 12.3. The number of fused-ring (bicyclic) bond motifs is 1. The van der Waals surface area contributed by atoms with E-state index in [4.69, 9.17) is 5.11 Å². The van der Waals surface area contributed by atoms with Crippen molar-refractivity contribution in [2.24, 2.45) is 0 Å². The van der Waals surface area contributed by atoms with Crippen molar-refractivity contribution in [2.75, 3.05) is 11.9 Å². The minimum Gasteiger partial charge on any atom is -0.480 e. The second kappa shape index (κ2) is 5.28. The van der Waals surface area contributed by atoms with Crippen LogP contribution < -0.4 is 5.32 Å². The molecule has 0 aromatic heterocycles. The Bertz CT molecular complexity index is 685. The highest BCUT2D eigenvalue weighted by molar-refractivity contribution is 6.02. The van der Waals surface area contributed by atoms with Gasteiger partial charge in [-0.2, -0.15) is 0 Å². The van der Waals surface area contributed by atoms with Gasteiger partial charge in [0.2, 0.25) is 0 Å². The standard InChI is InChI=1S/C16H14N2O3/c19-14(20)10-18-15(11-6-2-1-3-7-11)17-13-9-5-4-8-12(13)16(18)21/h1-9,15,17H,10H2,(H,19,20)/t15-/m1/s1. The number of carbonyl (C=O) groups is 2. The van der Waals surface area contributed by atoms with Crippen LogP contribution >= 0.6 is 0 Å². The van der Waals surface area contributed by atoms with E-state index in [0.29, 0.717) is 5.56 Å². The molecule has 0 unspecified atom stereocenters. The molecule has 0 fully saturated rings. The Hall–Kier alpha value is -2.82. The summed E-state index contributed by atoms with van der Waals surface area (Å²) in [6, 6.07) is 16.5. The molecule has 5 nitrogen and oxygen atoms in total. The van der Waals surface area contributed by atoms with Crippen molar-refractivity contribution in [3.05, 3.63) is 65.7 Å². The quantitative estimate of drug-likeness (QED) is 0.906. The molecule has 2 aromatic carbocycles. The summed E-state index contributed by atoms with van der Waals surface area (Å²) < 4.78 is 0. The zero-order valence-electron chi connectivity index (χ0n) is 11.2. The largest absolute Gasteiger partial charge is 0.480 e. The summed E-state index contributed by atoms with van der Waals surface area (Å²) in [6.45, 7) is -0.347. The van der Waals surface area contributed by atoms with Crippen LogP contribution in [0.4, 0.5) is 5.69 Å². The Balaban J connectivity index is 2.05. The van der Waals surface area contributed by atoms with Gasteiger partial charge in [0, 0.05) is 5.69 Å². The van der Waals surface area contributed by atoms with E-state index < -0.39 is 12.1 Å². The zero-order valence-corrected chi connectivity index (χ0v) is 11.2. The van der Waals surface area contributed by atoms with E-state index in [1.807, 2.05) is 42.5 Å². The highest BCUT2D eigenvalue weighted by Gasteiger charge is 2.33. The van der Waals surface area contributed by atoms with Crippen LogP contribution in [0.25, 0.3) is 0 Å². The zero-order chi connectivity index (χ0) is 14.8. The van der Waals surface area contributed by atoms with Gasteiger partial charge in [-0.25, -0.2) is 0 Å². The predicted molar refractivity (Wildman–Crippen MR) is 77.9 cm³/mol. The van der Waals surface area contributed by atoms with Gasteiger partial charge >= 0.3 is 5.97 Å². The van der Waals surface area contributed by atoms with E-state index in [-0.39, 0.29) is 12.5 Å². The third-order valence-corrected chi connectivity index (χ3v) is 3.44. The number of hydrogen-bond donors (Lipinski definition) is 2. The molecule has 0 aliphatic carbocycles. The number of benzene rings is 2. The van der Waals surface area contributed by atoms with Gasteiger partial charge in [0.15, 0.2) is 0 Å². The number of carboxylic acids is 1. The van der Waals surface area contributed by atoms with Gasteiger partial charge in [-0.3, -0.25) is 9.59 Å². The fourth-order valence-electron chi connectivity index (χ4n) is 2.50. The van der Waals surface area contributed by atoms with Crippen LogP contribution in [0.2, 0.25) is 0 Å². The predicted octanol–water partition coefficient (Wildman–Crippen LogP) is 2.34. The third kappa shape index (κ3) is 2.45. The summed E-state index contributed by atoms with van der Waals surface area (Å²) >= 11 is 0. The van der Waals surface area contributed by atoms with Crippen molar-refractivity contribution in [2.45, 2.75) is 6.17 Å². The van der Waals surface area contributed by atoms with Crippen molar-refractivity contribution in [3.8, 4) is 0 Å². The van der Waals surface area contributed by atoms with Crippen molar-refractivity contribution in [1.29, 1.82) is 0 Å².